The maximum absolute atomic E-state index is 11.9. The van der Waals surface area contributed by atoms with Crippen LogP contribution in [0.15, 0.2) is 30.3 Å². The molecule has 0 atom stereocenters. The lowest BCUT2D eigenvalue weighted by Crippen LogP contribution is -2.25. The number of nitrogens with zero attached hydrogens (tertiary/aromatic N) is 2. The minimum absolute atomic E-state index is 0.0763. The van der Waals surface area contributed by atoms with Gasteiger partial charge in [-0.3, -0.25) is 4.79 Å². The maximum atomic E-state index is 11.9. The van der Waals surface area contributed by atoms with Crippen LogP contribution >= 0.6 is 0 Å². The fraction of sp³-hybridized carbons (Fsp3) is 0.444. The molecule has 1 heterocycles. The number of hydrogen-bond donors (Lipinski definition) is 1. The third-order valence-electron chi connectivity index (χ3n) is 3.89. The van der Waals surface area contributed by atoms with E-state index < -0.39 is 0 Å². The van der Waals surface area contributed by atoms with Crippen molar-refractivity contribution >= 4 is 5.91 Å². The van der Waals surface area contributed by atoms with Gasteiger partial charge in [0, 0.05) is 32.4 Å². The summed E-state index contributed by atoms with van der Waals surface area (Å²) in [5.41, 5.74) is 4.28. The van der Waals surface area contributed by atoms with Gasteiger partial charge in [-0.1, -0.05) is 18.2 Å². The minimum Gasteiger partial charge on any atom is -0.385 e. The number of rotatable bonds is 8. The number of amides is 1. The minimum atomic E-state index is 0.0763. The lowest BCUT2D eigenvalue weighted by Gasteiger charge is -2.06. The highest BCUT2D eigenvalue weighted by atomic mass is 16.5. The van der Waals surface area contributed by atoms with Crippen molar-refractivity contribution < 1.29 is 9.53 Å². The molecule has 0 aliphatic rings. The molecule has 0 unspecified atom stereocenters. The van der Waals surface area contributed by atoms with Crippen LogP contribution in [0.4, 0.5) is 0 Å². The van der Waals surface area contributed by atoms with Crippen molar-refractivity contribution in [1.29, 1.82) is 0 Å². The number of ether oxygens (including phenoxy) is 1. The molecule has 1 aromatic carbocycles. The van der Waals surface area contributed by atoms with Crippen LogP contribution in [0.3, 0.4) is 0 Å². The molecule has 23 heavy (non-hydrogen) atoms. The Morgan fingerprint density at radius 2 is 2.00 bits per heavy atom. The van der Waals surface area contributed by atoms with Gasteiger partial charge in [0.15, 0.2) is 0 Å². The van der Waals surface area contributed by atoms with Gasteiger partial charge in [0.05, 0.1) is 11.4 Å². The van der Waals surface area contributed by atoms with E-state index in [-0.39, 0.29) is 5.91 Å². The lowest BCUT2D eigenvalue weighted by molar-refractivity contribution is -0.121. The number of benzene rings is 1. The highest BCUT2D eigenvalue weighted by Crippen LogP contribution is 2.19. The van der Waals surface area contributed by atoms with Crippen molar-refractivity contribution in [2.24, 2.45) is 0 Å². The van der Waals surface area contributed by atoms with E-state index in [1.807, 2.05) is 41.9 Å². The summed E-state index contributed by atoms with van der Waals surface area (Å²) >= 11 is 0. The molecule has 2 aromatic rings. The van der Waals surface area contributed by atoms with E-state index in [0.717, 1.165) is 29.1 Å². The topological polar surface area (TPSA) is 56.1 Å². The number of aryl methyl sites for hydroxylation is 1. The molecule has 2 rings (SSSR count). The third kappa shape index (κ3) is 4.66. The summed E-state index contributed by atoms with van der Waals surface area (Å²) < 4.78 is 6.91. The second kappa shape index (κ2) is 8.48. The van der Waals surface area contributed by atoms with Crippen LogP contribution in [-0.4, -0.2) is 35.9 Å². The summed E-state index contributed by atoms with van der Waals surface area (Å²) in [6.07, 6.45) is 2.03. The zero-order valence-corrected chi connectivity index (χ0v) is 14.1. The predicted molar refractivity (Wildman–Crippen MR) is 90.9 cm³/mol. The largest absolute Gasteiger partial charge is 0.385 e. The van der Waals surface area contributed by atoms with Crippen molar-refractivity contribution in [3.05, 3.63) is 47.3 Å². The van der Waals surface area contributed by atoms with E-state index in [0.29, 0.717) is 26.0 Å². The fourth-order valence-electron chi connectivity index (χ4n) is 2.63. The van der Waals surface area contributed by atoms with Crippen LogP contribution in [0.25, 0.3) is 5.69 Å². The van der Waals surface area contributed by atoms with Crippen LogP contribution in [0.5, 0.6) is 0 Å². The maximum Gasteiger partial charge on any atom is 0.220 e. The summed E-state index contributed by atoms with van der Waals surface area (Å²) in [6.45, 7) is 5.38. The Labute approximate surface area is 137 Å². The van der Waals surface area contributed by atoms with Gasteiger partial charge in [-0.25, -0.2) is 4.68 Å². The van der Waals surface area contributed by atoms with E-state index in [4.69, 9.17) is 4.74 Å². The van der Waals surface area contributed by atoms with E-state index in [1.165, 1.54) is 0 Å². The zero-order valence-electron chi connectivity index (χ0n) is 14.1. The van der Waals surface area contributed by atoms with E-state index in [9.17, 15) is 4.79 Å². The average molecular weight is 315 g/mol. The quantitative estimate of drug-likeness (QED) is 0.762. The predicted octanol–water partition coefficient (Wildman–Crippen LogP) is 2.57. The molecule has 5 nitrogen and oxygen atoms in total. The summed E-state index contributed by atoms with van der Waals surface area (Å²) in [5.74, 6) is 0.0763. The number of nitrogens with one attached hydrogen (secondary N) is 1. The standard InChI is InChI=1S/C18H25N3O2/c1-14-17(10-11-18(22)19-12-7-13-23-3)15(2)21(20-14)16-8-5-4-6-9-16/h4-6,8-9H,7,10-13H2,1-3H3,(H,19,22). The Morgan fingerprint density at radius 3 is 2.70 bits per heavy atom. The van der Waals surface area contributed by atoms with Crippen molar-refractivity contribution in [3.63, 3.8) is 0 Å². The molecule has 1 aromatic heterocycles. The van der Waals surface area contributed by atoms with Gasteiger partial charge in [0.25, 0.3) is 0 Å². The number of methoxy groups -OCH3 is 1. The smallest absolute Gasteiger partial charge is 0.220 e. The molecule has 0 spiro atoms. The van der Waals surface area contributed by atoms with Gasteiger partial charge in [0.1, 0.15) is 0 Å². The van der Waals surface area contributed by atoms with Gasteiger partial charge >= 0.3 is 0 Å². The Bertz CT molecular complexity index is 635. The number of aromatic nitrogens is 2. The van der Waals surface area contributed by atoms with E-state index in [1.54, 1.807) is 7.11 Å². The van der Waals surface area contributed by atoms with Crippen molar-refractivity contribution in [3.8, 4) is 5.69 Å². The summed E-state index contributed by atoms with van der Waals surface area (Å²) in [4.78, 5) is 11.9. The van der Waals surface area contributed by atoms with E-state index in [2.05, 4.69) is 17.3 Å². The van der Waals surface area contributed by atoms with Gasteiger partial charge in [-0.15, -0.1) is 0 Å². The normalized spacial score (nSPS) is 10.7. The first-order chi connectivity index (χ1) is 11.1. The van der Waals surface area contributed by atoms with Crippen LogP contribution in [0, 0.1) is 13.8 Å². The molecular weight excluding hydrogens is 290 g/mol. The van der Waals surface area contributed by atoms with Gasteiger partial charge in [-0.2, -0.15) is 5.10 Å². The molecule has 1 N–H and O–H groups in total. The number of para-hydroxylation sites is 1. The Balaban J connectivity index is 1.96. The molecule has 1 amide bonds. The van der Waals surface area contributed by atoms with Crippen LogP contribution in [0.1, 0.15) is 29.8 Å². The Morgan fingerprint density at radius 1 is 1.26 bits per heavy atom. The van der Waals surface area contributed by atoms with Gasteiger partial charge < -0.3 is 10.1 Å². The van der Waals surface area contributed by atoms with Crippen molar-refractivity contribution in [1.82, 2.24) is 15.1 Å². The fourth-order valence-corrected chi connectivity index (χ4v) is 2.63. The molecule has 0 radical (unpaired) electrons. The molecule has 0 aliphatic heterocycles. The van der Waals surface area contributed by atoms with Crippen molar-refractivity contribution in [2.45, 2.75) is 33.1 Å². The highest BCUT2D eigenvalue weighted by molar-refractivity contribution is 5.76. The first kappa shape index (κ1) is 17.2. The van der Waals surface area contributed by atoms with Crippen LogP contribution in [0.2, 0.25) is 0 Å². The number of carbonyl (C=O) groups is 1. The summed E-state index contributed by atoms with van der Waals surface area (Å²) in [5, 5.41) is 7.53. The third-order valence-corrected chi connectivity index (χ3v) is 3.89. The van der Waals surface area contributed by atoms with E-state index >= 15 is 0 Å². The Hall–Kier alpha value is -2.14. The molecule has 0 fully saturated rings. The zero-order chi connectivity index (χ0) is 16.7. The van der Waals surface area contributed by atoms with Crippen LogP contribution in [-0.2, 0) is 16.0 Å². The Kier molecular flexibility index (Phi) is 6.35. The second-order valence-electron chi connectivity index (χ2n) is 5.59. The first-order valence-electron chi connectivity index (χ1n) is 7.99. The molecule has 0 aliphatic carbocycles. The summed E-state index contributed by atoms with van der Waals surface area (Å²) in [7, 11) is 1.66. The lowest BCUT2D eigenvalue weighted by atomic mass is 10.1. The number of hydrogen-bond acceptors (Lipinski definition) is 3. The monoisotopic (exact) mass is 315 g/mol. The first-order valence-corrected chi connectivity index (χ1v) is 7.99. The molecule has 0 saturated carbocycles. The SMILES string of the molecule is COCCCNC(=O)CCc1c(C)nn(-c2ccccc2)c1C. The molecule has 0 saturated heterocycles. The summed E-state index contributed by atoms with van der Waals surface area (Å²) in [6, 6.07) is 10.1. The second-order valence-corrected chi connectivity index (χ2v) is 5.59. The van der Waals surface area contributed by atoms with Crippen molar-refractivity contribution in [2.75, 3.05) is 20.3 Å². The number of carbonyl (C=O) groups excluding carboxylic acids is 1. The molecule has 0 bridgehead atoms. The van der Waals surface area contributed by atoms with Gasteiger partial charge in [0.2, 0.25) is 5.91 Å². The molecule has 5 heteroatoms. The van der Waals surface area contributed by atoms with Crippen LogP contribution < -0.4 is 5.32 Å². The molecular formula is C18H25N3O2. The molecule has 124 valence electrons. The average Bonchev–Trinajstić information content (AvgIpc) is 2.85. The highest BCUT2D eigenvalue weighted by Gasteiger charge is 2.13. The van der Waals surface area contributed by atoms with Gasteiger partial charge in [-0.05, 0) is 44.4 Å².